The monoisotopic (exact) mass is 244 g/mol. The Hall–Kier alpha value is -1.97. The Balaban J connectivity index is 2.39. The second kappa shape index (κ2) is 4.72. The third-order valence-electron chi connectivity index (χ3n) is 3.11. The molecule has 96 valence electrons. The van der Waals surface area contributed by atoms with E-state index in [0.717, 1.165) is 29.4 Å². The lowest BCUT2D eigenvalue weighted by Gasteiger charge is -2.12. The molecule has 4 heteroatoms. The van der Waals surface area contributed by atoms with E-state index in [1.807, 2.05) is 11.6 Å². The van der Waals surface area contributed by atoms with Gasteiger partial charge in [0.25, 0.3) is 0 Å². The van der Waals surface area contributed by atoms with E-state index < -0.39 is 0 Å². The van der Waals surface area contributed by atoms with Crippen LogP contribution in [0.5, 0.6) is 0 Å². The van der Waals surface area contributed by atoms with Gasteiger partial charge in [-0.05, 0) is 39.3 Å². The van der Waals surface area contributed by atoms with Gasteiger partial charge in [-0.15, -0.1) is 0 Å². The van der Waals surface area contributed by atoms with Gasteiger partial charge in [-0.1, -0.05) is 17.7 Å². The van der Waals surface area contributed by atoms with Crippen LogP contribution >= 0.6 is 0 Å². The van der Waals surface area contributed by atoms with E-state index in [4.69, 9.17) is 5.73 Å². The van der Waals surface area contributed by atoms with Crippen molar-refractivity contribution in [1.82, 2.24) is 9.78 Å². The highest BCUT2D eigenvalue weighted by Gasteiger charge is 2.12. The molecule has 2 aromatic rings. The van der Waals surface area contributed by atoms with Crippen LogP contribution in [0, 0.1) is 20.8 Å². The van der Waals surface area contributed by atoms with Crippen LogP contribution in [0.4, 0.5) is 17.2 Å². The van der Waals surface area contributed by atoms with Crippen molar-refractivity contribution >= 4 is 17.2 Å². The van der Waals surface area contributed by atoms with Gasteiger partial charge in [0.15, 0.2) is 5.82 Å². The summed E-state index contributed by atoms with van der Waals surface area (Å²) < 4.78 is 1.89. The summed E-state index contributed by atoms with van der Waals surface area (Å²) in [5.41, 5.74) is 11.2. The number of nitrogens with two attached hydrogens (primary N) is 1. The van der Waals surface area contributed by atoms with Gasteiger partial charge in [-0.2, -0.15) is 5.10 Å². The number of rotatable bonds is 3. The first-order valence-electron chi connectivity index (χ1n) is 6.20. The Morgan fingerprint density at radius 3 is 2.61 bits per heavy atom. The first-order valence-corrected chi connectivity index (χ1v) is 6.20. The maximum atomic E-state index is 6.06. The van der Waals surface area contributed by atoms with E-state index in [-0.39, 0.29) is 0 Å². The Kier molecular flexibility index (Phi) is 3.28. The summed E-state index contributed by atoms with van der Waals surface area (Å²) in [5, 5.41) is 7.78. The summed E-state index contributed by atoms with van der Waals surface area (Å²) in [7, 11) is 0. The molecule has 0 spiro atoms. The lowest BCUT2D eigenvalue weighted by atomic mass is 10.1. The molecular weight excluding hydrogens is 224 g/mol. The van der Waals surface area contributed by atoms with E-state index in [0.29, 0.717) is 0 Å². The smallest absolute Gasteiger partial charge is 0.152 e. The van der Waals surface area contributed by atoms with Crippen LogP contribution in [0.2, 0.25) is 0 Å². The summed E-state index contributed by atoms with van der Waals surface area (Å²) in [6.45, 7) is 8.95. The molecule has 0 unspecified atom stereocenters. The average Bonchev–Trinajstić information content (AvgIpc) is 2.60. The Labute approximate surface area is 108 Å². The molecule has 3 N–H and O–H groups in total. The molecule has 1 aromatic heterocycles. The van der Waals surface area contributed by atoms with E-state index in [9.17, 15) is 0 Å². The van der Waals surface area contributed by atoms with Crippen molar-refractivity contribution in [3.63, 3.8) is 0 Å². The van der Waals surface area contributed by atoms with Crippen molar-refractivity contribution in [3.8, 4) is 0 Å². The molecule has 2 rings (SSSR count). The molecular formula is C14H20N4. The van der Waals surface area contributed by atoms with Crippen molar-refractivity contribution in [2.45, 2.75) is 34.2 Å². The highest BCUT2D eigenvalue weighted by atomic mass is 15.3. The predicted octanol–water partition coefficient (Wildman–Crippen LogP) is 3.15. The minimum atomic E-state index is 0.719. The molecule has 0 saturated heterocycles. The summed E-state index contributed by atoms with van der Waals surface area (Å²) >= 11 is 0. The molecule has 0 bridgehead atoms. The maximum Gasteiger partial charge on any atom is 0.152 e. The Bertz CT molecular complexity index is 569. The van der Waals surface area contributed by atoms with Crippen LogP contribution in [0.25, 0.3) is 0 Å². The van der Waals surface area contributed by atoms with Crippen molar-refractivity contribution < 1.29 is 0 Å². The van der Waals surface area contributed by atoms with Crippen LogP contribution in [-0.4, -0.2) is 9.78 Å². The lowest BCUT2D eigenvalue weighted by molar-refractivity contribution is 0.661. The third kappa shape index (κ3) is 2.18. The quantitative estimate of drug-likeness (QED) is 0.872. The highest BCUT2D eigenvalue weighted by Crippen LogP contribution is 2.27. The van der Waals surface area contributed by atoms with Crippen molar-refractivity contribution in [2.75, 3.05) is 11.1 Å². The second-order valence-corrected chi connectivity index (χ2v) is 4.61. The number of aromatic nitrogens is 2. The zero-order valence-corrected chi connectivity index (χ0v) is 11.4. The number of hydrogen-bond acceptors (Lipinski definition) is 3. The third-order valence-corrected chi connectivity index (χ3v) is 3.11. The number of nitrogen functional groups attached to an aromatic ring is 1. The zero-order chi connectivity index (χ0) is 13.3. The Morgan fingerprint density at radius 1 is 1.28 bits per heavy atom. The SMILES string of the molecule is CCn1nc(C)c(N)c1Nc1ccc(C)cc1C. The predicted molar refractivity (Wildman–Crippen MR) is 76.2 cm³/mol. The van der Waals surface area contributed by atoms with Gasteiger partial charge in [-0.3, -0.25) is 0 Å². The highest BCUT2D eigenvalue weighted by molar-refractivity contribution is 5.72. The van der Waals surface area contributed by atoms with Crippen LogP contribution in [0.3, 0.4) is 0 Å². The van der Waals surface area contributed by atoms with E-state index >= 15 is 0 Å². The van der Waals surface area contributed by atoms with Crippen LogP contribution < -0.4 is 11.1 Å². The zero-order valence-electron chi connectivity index (χ0n) is 11.4. The van der Waals surface area contributed by atoms with Gasteiger partial charge in [-0.25, -0.2) is 4.68 Å². The molecule has 0 radical (unpaired) electrons. The maximum absolute atomic E-state index is 6.06. The molecule has 0 fully saturated rings. The van der Waals surface area contributed by atoms with Crippen molar-refractivity contribution in [3.05, 3.63) is 35.0 Å². The van der Waals surface area contributed by atoms with Gasteiger partial charge in [0.05, 0.1) is 11.4 Å². The van der Waals surface area contributed by atoms with Gasteiger partial charge < -0.3 is 11.1 Å². The lowest BCUT2D eigenvalue weighted by Crippen LogP contribution is -2.05. The molecule has 18 heavy (non-hydrogen) atoms. The standard InChI is InChI=1S/C14H20N4/c1-5-18-14(13(15)11(4)17-18)16-12-7-6-9(2)8-10(12)3/h6-8,16H,5,15H2,1-4H3. The molecule has 1 heterocycles. The van der Waals surface area contributed by atoms with Crippen LogP contribution in [0.1, 0.15) is 23.7 Å². The molecule has 0 aliphatic carbocycles. The van der Waals surface area contributed by atoms with Gasteiger partial charge >= 0.3 is 0 Å². The summed E-state index contributed by atoms with van der Waals surface area (Å²) in [6, 6.07) is 6.31. The topological polar surface area (TPSA) is 55.9 Å². The number of nitrogens with one attached hydrogen (secondary N) is 1. The Morgan fingerprint density at radius 2 is 2.00 bits per heavy atom. The van der Waals surface area contributed by atoms with Crippen LogP contribution in [-0.2, 0) is 6.54 Å². The first-order chi connectivity index (χ1) is 8.52. The minimum absolute atomic E-state index is 0.719. The molecule has 0 aliphatic heterocycles. The van der Waals surface area contributed by atoms with E-state index in [2.05, 4.69) is 49.4 Å². The summed E-state index contributed by atoms with van der Waals surface area (Å²) in [5.74, 6) is 0.877. The minimum Gasteiger partial charge on any atom is -0.394 e. The first kappa shape index (κ1) is 12.5. The number of aryl methyl sites for hydroxylation is 4. The number of benzene rings is 1. The van der Waals surface area contributed by atoms with Gasteiger partial charge in [0.2, 0.25) is 0 Å². The normalized spacial score (nSPS) is 10.7. The second-order valence-electron chi connectivity index (χ2n) is 4.61. The van der Waals surface area contributed by atoms with Crippen molar-refractivity contribution in [2.24, 2.45) is 0 Å². The fourth-order valence-electron chi connectivity index (χ4n) is 2.04. The largest absolute Gasteiger partial charge is 0.394 e. The number of nitrogens with zero attached hydrogens (tertiary/aromatic N) is 2. The van der Waals surface area contributed by atoms with Gasteiger partial charge in [0, 0.05) is 12.2 Å². The number of hydrogen-bond donors (Lipinski definition) is 2. The van der Waals surface area contributed by atoms with E-state index in [1.54, 1.807) is 0 Å². The van der Waals surface area contributed by atoms with Crippen molar-refractivity contribution in [1.29, 1.82) is 0 Å². The molecule has 0 amide bonds. The fourth-order valence-corrected chi connectivity index (χ4v) is 2.04. The van der Waals surface area contributed by atoms with Crippen LogP contribution in [0.15, 0.2) is 18.2 Å². The van der Waals surface area contributed by atoms with E-state index in [1.165, 1.54) is 11.1 Å². The summed E-state index contributed by atoms with van der Waals surface area (Å²) in [6.07, 6.45) is 0. The van der Waals surface area contributed by atoms with Gasteiger partial charge in [0.1, 0.15) is 0 Å². The molecule has 0 atom stereocenters. The molecule has 0 saturated carbocycles. The molecule has 4 nitrogen and oxygen atoms in total. The summed E-state index contributed by atoms with van der Waals surface area (Å²) in [4.78, 5) is 0. The fraction of sp³-hybridized carbons (Fsp3) is 0.357. The average molecular weight is 244 g/mol. The molecule has 0 aliphatic rings. The molecule has 1 aromatic carbocycles. The number of anilines is 3.